The molecule has 164 valence electrons. The van der Waals surface area contributed by atoms with Gasteiger partial charge in [0.25, 0.3) is 0 Å². The molecule has 1 aliphatic rings. The first-order valence-electron chi connectivity index (χ1n) is 10.6. The van der Waals surface area contributed by atoms with Gasteiger partial charge in [-0.1, -0.05) is 51.6 Å². The molecule has 0 unspecified atom stereocenters. The molecular weight excluding hydrogens is 398 g/mol. The lowest BCUT2D eigenvalue weighted by Gasteiger charge is -2.26. The molecule has 1 aromatic carbocycles. The number of ether oxygens (including phenoxy) is 1. The maximum Gasteiger partial charge on any atom is 0.230 e. The van der Waals surface area contributed by atoms with Gasteiger partial charge in [0.1, 0.15) is 12.4 Å². The lowest BCUT2D eigenvalue weighted by molar-refractivity contribution is -0.119. The normalized spacial score (nSPS) is 19.5. The summed E-state index contributed by atoms with van der Waals surface area (Å²) < 4.78 is 7.19. The summed E-state index contributed by atoms with van der Waals surface area (Å²) >= 11 is 1.29. The van der Waals surface area contributed by atoms with Crippen LogP contribution in [0.5, 0.6) is 5.75 Å². The van der Waals surface area contributed by atoms with Crippen LogP contribution in [-0.4, -0.2) is 32.6 Å². The van der Waals surface area contributed by atoms with E-state index < -0.39 is 0 Å². The van der Waals surface area contributed by atoms with E-state index in [1.165, 1.54) is 34.8 Å². The van der Waals surface area contributed by atoms with Gasteiger partial charge in [0.05, 0.1) is 5.75 Å². The predicted molar refractivity (Wildman–Crippen MR) is 120 cm³/mol. The Morgan fingerprint density at radius 1 is 1.20 bits per heavy atom. The van der Waals surface area contributed by atoms with Gasteiger partial charge in [0.15, 0.2) is 5.82 Å². The van der Waals surface area contributed by atoms with Gasteiger partial charge in [-0.05, 0) is 54.7 Å². The third-order valence-electron chi connectivity index (χ3n) is 5.54. The van der Waals surface area contributed by atoms with E-state index in [9.17, 15) is 4.79 Å². The number of nitrogens with one attached hydrogen (secondary N) is 1. The molecule has 1 aliphatic carbocycles. The molecule has 2 aromatic rings. The first-order chi connectivity index (χ1) is 14.2. The average molecular weight is 432 g/mol. The van der Waals surface area contributed by atoms with E-state index in [1.807, 2.05) is 12.1 Å². The molecule has 0 spiro atoms. The molecule has 1 saturated carbocycles. The van der Waals surface area contributed by atoms with Gasteiger partial charge in [-0.15, -0.1) is 10.2 Å². The van der Waals surface area contributed by atoms with Crippen molar-refractivity contribution in [3.05, 3.63) is 35.7 Å². The monoisotopic (exact) mass is 431 g/mol. The van der Waals surface area contributed by atoms with Gasteiger partial charge in [-0.3, -0.25) is 4.79 Å². The summed E-state index contributed by atoms with van der Waals surface area (Å²) in [6, 6.07) is 8.32. The number of amides is 1. The molecule has 3 N–H and O–H groups in total. The molecule has 1 amide bonds. The van der Waals surface area contributed by atoms with Crippen LogP contribution in [0, 0.1) is 5.92 Å². The van der Waals surface area contributed by atoms with E-state index in [4.69, 9.17) is 10.6 Å². The summed E-state index contributed by atoms with van der Waals surface area (Å²) in [6.45, 7) is 9.01. The third-order valence-corrected chi connectivity index (χ3v) is 6.48. The quantitative estimate of drug-likeness (QED) is 0.513. The van der Waals surface area contributed by atoms with Crippen molar-refractivity contribution in [1.82, 2.24) is 20.2 Å². The SMILES string of the molecule is CC1CCC(NC(=O)CSc2nnc(COc3ccc(C(C)(C)C)cc3)n2N)CC1. The van der Waals surface area contributed by atoms with E-state index in [0.29, 0.717) is 17.0 Å². The second-order valence-corrected chi connectivity index (χ2v) is 10.1. The van der Waals surface area contributed by atoms with Crippen molar-refractivity contribution >= 4 is 17.7 Å². The number of thioether (sulfide) groups is 1. The Morgan fingerprint density at radius 2 is 1.87 bits per heavy atom. The van der Waals surface area contributed by atoms with Gasteiger partial charge in [0.2, 0.25) is 11.1 Å². The van der Waals surface area contributed by atoms with E-state index in [0.717, 1.165) is 24.5 Å². The van der Waals surface area contributed by atoms with Gasteiger partial charge >= 0.3 is 0 Å². The largest absolute Gasteiger partial charge is 0.486 e. The number of hydrogen-bond donors (Lipinski definition) is 2. The van der Waals surface area contributed by atoms with Crippen LogP contribution in [0.3, 0.4) is 0 Å². The highest BCUT2D eigenvalue weighted by atomic mass is 32.2. The van der Waals surface area contributed by atoms with Crippen molar-refractivity contribution in [2.75, 3.05) is 11.6 Å². The molecule has 3 rings (SSSR count). The minimum Gasteiger partial charge on any atom is -0.486 e. The van der Waals surface area contributed by atoms with E-state index in [-0.39, 0.29) is 23.7 Å². The summed E-state index contributed by atoms with van der Waals surface area (Å²) in [6.07, 6.45) is 4.47. The van der Waals surface area contributed by atoms with Crippen molar-refractivity contribution in [3.63, 3.8) is 0 Å². The highest BCUT2D eigenvalue weighted by Crippen LogP contribution is 2.25. The Morgan fingerprint density at radius 3 is 2.50 bits per heavy atom. The molecule has 0 atom stereocenters. The lowest BCUT2D eigenvalue weighted by atomic mass is 9.87. The zero-order valence-electron chi connectivity index (χ0n) is 18.4. The predicted octanol–water partition coefficient (Wildman–Crippen LogP) is 3.66. The lowest BCUT2D eigenvalue weighted by Crippen LogP contribution is -2.38. The molecular formula is C22H33N5O2S. The standard InChI is InChI=1S/C22H33N5O2S/c1-15-5-9-17(10-6-15)24-20(28)14-30-21-26-25-19(27(21)23)13-29-18-11-7-16(8-12-18)22(2,3)4/h7-8,11-12,15,17H,5-6,9-10,13-14,23H2,1-4H3,(H,24,28). The zero-order chi connectivity index (χ0) is 21.7. The summed E-state index contributed by atoms with van der Waals surface area (Å²) in [5, 5.41) is 11.8. The van der Waals surface area contributed by atoms with Gasteiger partial charge in [-0.2, -0.15) is 0 Å². The highest BCUT2D eigenvalue weighted by molar-refractivity contribution is 7.99. The van der Waals surface area contributed by atoms with Crippen molar-refractivity contribution in [1.29, 1.82) is 0 Å². The molecule has 30 heavy (non-hydrogen) atoms. The van der Waals surface area contributed by atoms with E-state index in [1.54, 1.807) is 0 Å². The average Bonchev–Trinajstić information content (AvgIpc) is 3.06. The molecule has 0 radical (unpaired) electrons. The van der Waals surface area contributed by atoms with Crippen molar-refractivity contribution in [2.45, 2.75) is 76.6 Å². The van der Waals surface area contributed by atoms with E-state index >= 15 is 0 Å². The molecule has 0 aliphatic heterocycles. The second kappa shape index (κ2) is 9.73. The number of nitrogens with two attached hydrogens (primary N) is 1. The molecule has 7 nitrogen and oxygen atoms in total. The smallest absolute Gasteiger partial charge is 0.230 e. The maximum absolute atomic E-state index is 12.2. The Bertz CT molecular complexity index is 836. The fourth-order valence-corrected chi connectivity index (χ4v) is 4.19. The minimum absolute atomic E-state index is 0.0132. The molecule has 0 bridgehead atoms. The van der Waals surface area contributed by atoms with Crippen LogP contribution < -0.4 is 15.9 Å². The van der Waals surface area contributed by atoms with Crippen molar-refractivity contribution in [3.8, 4) is 5.75 Å². The number of aromatic nitrogens is 3. The van der Waals surface area contributed by atoms with Crippen LogP contribution in [0.25, 0.3) is 0 Å². The highest BCUT2D eigenvalue weighted by Gasteiger charge is 2.20. The van der Waals surface area contributed by atoms with Gasteiger partial charge in [0, 0.05) is 6.04 Å². The number of carbonyl (C=O) groups is 1. The van der Waals surface area contributed by atoms with Crippen LogP contribution in [0.1, 0.15) is 64.8 Å². The number of carbonyl (C=O) groups excluding carboxylic acids is 1. The fourth-order valence-electron chi connectivity index (χ4n) is 3.51. The number of nitrogens with zero attached hydrogens (tertiary/aromatic N) is 3. The zero-order valence-corrected chi connectivity index (χ0v) is 19.2. The first kappa shape index (κ1) is 22.5. The Hall–Kier alpha value is -2.22. The van der Waals surface area contributed by atoms with Crippen LogP contribution >= 0.6 is 11.8 Å². The Kier molecular flexibility index (Phi) is 7.28. The number of rotatable bonds is 7. The molecule has 1 fully saturated rings. The second-order valence-electron chi connectivity index (χ2n) is 9.14. The summed E-state index contributed by atoms with van der Waals surface area (Å²) in [7, 11) is 0. The van der Waals surface area contributed by atoms with Crippen LogP contribution in [0.4, 0.5) is 0 Å². The van der Waals surface area contributed by atoms with Gasteiger partial charge in [-0.25, -0.2) is 4.68 Å². The number of benzene rings is 1. The Labute approximate surface area is 183 Å². The van der Waals surface area contributed by atoms with Gasteiger partial charge < -0.3 is 15.9 Å². The Balaban J connectivity index is 1.46. The summed E-state index contributed by atoms with van der Waals surface area (Å²) in [5.41, 5.74) is 1.35. The summed E-state index contributed by atoms with van der Waals surface area (Å²) in [5.74, 6) is 8.41. The van der Waals surface area contributed by atoms with Crippen LogP contribution in [0.2, 0.25) is 0 Å². The molecule has 0 saturated heterocycles. The first-order valence-corrected chi connectivity index (χ1v) is 11.6. The van der Waals surface area contributed by atoms with E-state index in [2.05, 4.69) is 55.3 Å². The van der Waals surface area contributed by atoms with Crippen LogP contribution in [-0.2, 0) is 16.8 Å². The number of nitrogen functional groups attached to an aromatic ring is 1. The van der Waals surface area contributed by atoms with Crippen molar-refractivity contribution in [2.24, 2.45) is 5.92 Å². The fraction of sp³-hybridized carbons (Fsp3) is 0.591. The molecule has 1 heterocycles. The van der Waals surface area contributed by atoms with Crippen LogP contribution in [0.15, 0.2) is 29.4 Å². The molecule has 8 heteroatoms. The minimum atomic E-state index is 0.0132. The third kappa shape index (κ3) is 6.14. The summed E-state index contributed by atoms with van der Waals surface area (Å²) in [4.78, 5) is 12.2. The van der Waals surface area contributed by atoms with Crippen molar-refractivity contribution < 1.29 is 9.53 Å². The topological polar surface area (TPSA) is 95.1 Å². The molecule has 1 aromatic heterocycles. The number of hydrogen-bond acceptors (Lipinski definition) is 6. The maximum atomic E-state index is 12.2.